The Balaban J connectivity index is 2.03. The van der Waals surface area contributed by atoms with Crippen molar-refractivity contribution in [2.45, 2.75) is 45.1 Å². The Kier molecular flexibility index (Phi) is 4.14. The van der Waals surface area contributed by atoms with Gasteiger partial charge in [-0.2, -0.15) is 0 Å². The minimum atomic E-state index is -0.495. The maximum atomic E-state index is 11.8. The molecule has 0 spiro atoms. The van der Waals surface area contributed by atoms with Crippen molar-refractivity contribution < 1.29 is 9.53 Å². The van der Waals surface area contributed by atoms with Crippen LogP contribution in [0.1, 0.15) is 55.7 Å². The Bertz CT molecular complexity index is 431. The maximum absolute atomic E-state index is 11.8. The molecule has 0 saturated carbocycles. The highest BCUT2D eigenvalue weighted by molar-refractivity contribution is 5.88. The summed E-state index contributed by atoms with van der Waals surface area (Å²) in [4.78, 5) is 20.5. The van der Waals surface area contributed by atoms with Crippen LogP contribution >= 0.6 is 0 Å². The minimum absolute atomic E-state index is 0.371. The van der Waals surface area contributed by atoms with Crippen molar-refractivity contribution >= 4 is 5.97 Å². The second-order valence-electron chi connectivity index (χ2n) is 5.86. The Morgan fingerprint density at radius 3 is 2.37 bits per heavy atom. The molecule has 1 fully saturated rings. The summed E-state index contributed by atoms with van der Waals surface area (Å²) in [5.41, 5.74) is -0.0854. The van der Waals surface area contributed by atoms with Gasteiger partial charge in [-0.25, -0.2) is 14.8 Å². The van der Waals surface area contributed by atoms with Crippen molar-refractivity contribution in [2.75, 3.05) is 13.1 Å². The highest BCUT2D eigenvalue weighted by Gasteiger charge is 2.21. The first-order valence-corrected chi connectivity index (χ1v) is 6.72. The molecule has 2 rings (SSSR count). The molecule has 1 saturated heterocycles. The second kappa shape index (κ2) is 5.65. The van der Waals surface area contributed by atoms with Crippen molar-refractivity contribution in [3.05, 3.63) is 23.8 Å². The number of rotatable bonds is 2. The van der Waals surface area contributed by atoms with Gasteiger partial charge in [0, 0.05) is 18.3 Å². The van der Waals surface area contributed by atoms with Crippen molar-refractivity contribution in [3.63, 3.8) is 0 Å². The van der Waals surface area contributed by atoms with Gasteiger partial charge in [0.15, 0.2) is 0 Å². The largest absolute Gasteiger partial charge is 0.456 e. The van der Waals surface area contributed by atoms with E-state index in [-0.39, 0.29) is 5.97 Å². The number of piperidine rings is 1. The number of hydrogen-bond donors (Lipinski definition) is 1. The van der Waals surface area contributed by atoms with Gasteiger partial charge in [0.25, 0.3) is 0 Å². The number of carbonyl (C=O) groups is 1. The lowest BCUT2D eigenvalue weighted by Gasteiger charge is -2.21. The molecule has 1 aliphatic rings. The molecule has 0 aromatic carbocycles. The molecule has 0 aliphatic carbocycles. The molecule has 19 heavy (non-hydrogen) atoms. The van der Waals surface area contributed by atoms with Gasteiger partial charge in [-0.15, -0.1) is 0 Å². The van der Waals surface area contributed by atoms with E-state index >= 15 is 0 Å². The zero-order chi connectivity index (χ0) is 13.9. The topological polar surface area (TPSA) is 64.1 Å². The minimum Gasteiger partial charge on any atom is -0.456 e. The predicted molar refractivity (Wildman–Crippen MR) is 72.0 cm³/mol. The Morgan fingerprint density at radius 1 is 1.26 bits per heavy atom. The molecule has 1 aromatic heterocycles. The maximum Gasteiger partial charge on any atom is 0.341 e. The van der Waals surface area contributed by atoms with Gasteiger partial charge in [-0.1, -0.05) is 0 Å². The smallest absolute Gasteiger partial charge is 0.341 e. The van der Waals surface area contributed by atoms with E-state index in [0.717, 1.165) is 31.8 Å². The molecule has 1 aliphatic heterocycles. The van der Waals surface area contributed by atoms with Crippen LogP contribution in [-0.4, -0.2) is 34.6 Å². The Hall–Kier alpha value is -1.49. The SMILES string of the molecule is CC(C)(C)OC(=O)c1cnc(C2CCNCC2)nc1. The average Bonchev–Trinajstić information content (AvgIpc) is 2.38. The van der Waals surface area contributed by atoms with E-state index in [1.54, 1.807) is 12.4 Å². The number of hydrogen-bond acceptors (Lipinski definition) is 5. The van der Waals surface area contributed by atoms with Crippen LogP contribution in [0.2, 0.25) is 0 Å². The third kappa shape index (κ3) is 3.99. The fourth-order valence-electron chi connectivity index (χ4n) is 2.07. The monoisotopic (exact) mass is 263 g/mol. The van der Waals surface area contributed by atoms with Crippen molar-refractivity contribution in [1.29, 1.82) is 0 Å². The standard InChI is InChI=1S/C14H21N3O2/c1-14(2,3)19-13(18)11-8-16-12(17-9-11)10-4-6-15-7-5-10/h8-10,15H,4-7H2,1-3H3. The van der Waals surface area contributed by atoms with Crippen LogP contribution < -0.4 is 5.32 Å². The van der Waals surface area contributed by atoms with Crippen LogP contribution in [-0.2, 0) is 4.74 Å². The zero-order valence-electron chi connectivity index (χ0n) is 11.8. The first kappa shape index (κ1) is 13.9. The van der Waals surface area contributed by atoms with E-state index < -0.39 is 5.60 Å². The molecule has 0 atom stereocenters. The van der Waals surface area contributed by atoms with Gasteiger partial charge in [-0.05, 0) is 46.7 Å². The Labute approximate surface area is 113 Å². The molecular formula is C14H21N3O2. The van der Waals surface area contributed by atoms with Crippen LogP contribution in [0.3, 0.4) is 0 Å². The van der Waals surface area contributed by atoms with Gasteiger partial charge in [0.05, 0.1) is 5.56 Å². The summed E-state index contributed by atoms with van der Waals surface area (Å²) < 4.78 is 5.28. The summed E-state index contributed by atoms with van der Waals surface area (Å²) in [6.07, 6.45) is 5.23. The number of nitrogens with one attached hydrogen (secondary N) is 1. The number of ether oxygens (including phenoxy) is 1. The molecule has 0 radical (unpaired) electrons. The number of esters is 1. The van der Waals surface area contributed by atoms with Crippen LogP contribution in [0.15, 0.2) is 12.4 Å². The van der Waals surface area contributed by atoms with E-state index in [4.69, 9.17) is 4.74 Å². The van der Waals surface area contributed by atoms with Crippen molar-refractivity contribution in [1.82, 2.24) is 15.3 Å². The fourth-order valence-corrected chi connectivity index (χ4v) is 2.07. The number of carbonyl (C=O) groups excluding carboxylic acids is 1. The van der Waals surface area contributed by atoms with E-state index in [1.807, 2.05) is 20.8 Å². The fraction of sp³-hybridized carbons (Fsp3) is 0.643. The summed E-state index contributed by atoms with van der Waals surface area (Å²) >= 11 is 0. The first-order valence-electron chi connectivity index (χ1n) is 6.72. The lowest BCUT2D eigenvalue weighted by Crippen LogP contribution is -2.27. The predicted octanol–water partition coefficient (Wildman–Crippen LogP) is 1.90. The molecule has 2 heterocycles. The summed E-state index contributed by atoms with van der Waals surface area (Å²) in [5.74, 6) is 0.854. The lowest BCUT2D eigenvalue weighted by atomic mass is 9.97. The highest BCUT2D eigenvalue weighted by atomic mass is 16.6. The van der Waals surface area contributed by atoms with Crippen molar-refractivity contribution in [2.24, 2.45) is 0 Å². The van der Waals surface area contributed by atoms with Crippen LogP contribution in [0.4, 0.5) is 0 Å². The summed E-state index contributed by atoms with van der Waals surface area (Å²) in [6.45, 7) is 7.53. The molecule has 0 bridgehead atoms. The normalized spacial score (nSPS) is 17.2. The molecule has 5 nitrogen and oxygen atoms in total. The molecule has 104 valence electrons. The Morgan fingerprint density at radius 2 is 1.84 bits per heavy atom. The molecule has 1 N–H and O–H groups in total. The van der Waals surface area contributed by atoms with E-state index in [0.29, 0.717) is 11.5 Å². The second-order valence-corrected chi connectivity index (χ2v) is 5.86. The summed E-state index contributed by atoms with van der Waals surface area (Å²) in [5, 5.41) is 3.31. The highest BCUT2D eigenvalue weighted by Crippen LogP contribution is 2.21. The number of nitrogens with zero attached hydrogens (tertiary/aromatic N) is 2. The molecule has 5 heteroatoms. The van der Waals surface area contributed by atoms with Gasteiger partial charge in [0.1, 0.15) is 11.4 Å². The number of aromatic nitrogens is 2. The average molecular weight is 263 g/mol. The van der Waals surface area contributed by atoms with E-state index in [9.17, 15) is 4.79 Å². The molecule has 0 unspecified atom stereocenters. The third-order valence-electron chi connectivity index (χ3n) is 3.01. The van der Waals surface area contributed by atoms with Crippen LogP contribution in [0.25, 0.3) is 0 Å². The van der Waals surface area contributed by atoms with Crippen molar-refractivity contribution in [3.8, 4) is 0 Å². The molecular weight excluding hydrogens is 242 g/mol. The van der Waals surface area contributed by atoms with Gasteiger partial charge < -0.3 is 10.1 Å². The third-order valence-corrected chi connectivity index (χ3v) is 3.01. The van der Waals surface area contributed by atoms with Gasteiger partial charge >= 0.3 is 5.97 Å². The summed E-state index contributed by atoms with van der Waals surface area (Å²) in [6, 6.07) is 0. The van der Waals surface area contributed by atoms with E-state index in [2.05, 4.69) is 15.3 Å². The lowest BCUT2D eigenvalue weighted by molar-refractivity contribution is 0.00685. The molecule has 0 amide bonds. The first-order chi connectivity index (χ1) is 8.96. The van der Waals surface area contributed by atoms with Gasteiger partial charge in [-0.3, -0.25) is 0 Å². The quantitative estimate of drug-likeness (QED) is 0.826. The molecule has 1 aromatic rings. The van der Waals surface area contributed by atoms with E-state index in [1.165, 1.54) is 0 Å². The zero-order valence-corrected chi connectivity index (χ0v) is 11.8. The van der Waals surface area contributed by atoms with Crippen LogP contribution in [0.5, 0.6) is 0 Å². The van der Waals surface area contributed by atoms with Crippen LogP contribution in [0, 0.1) is 0 Å². The summed E-state index contributed by atoms with van der Waals surface area (Å²) in [7, 11) is 0. The van der Waals surface area contributed by atoms with Gasteiger partial charge in [0.2, 0.25) is 0 Å².